The summed E-state index contributed by atoms with van der Waals surface area (Å²) in [6, 6.07) is 6.49. The third kappa shape index (κ3) is 3.81. The van der Waals surface area contributed by atoms with Crippen molar-refractivity contribution in [2.24, 2.45) is 7.05 Å². The van der Waals surface area contributed by atoms with Gasteiger partial charge in [0.2, 0.25) is 15.9 Å². The van der Waals surface area contributed by atoms with E-state index in [9.17, 15) is 17.6 Å². The van der Waals surface area contributed by atoms with Gasteiger partial charge in [-0.15, -0.1) is 0 Å². The number of benzene rings is 1. The Bertz CT molecular complexity index is 918. The van der Waals surface area contributed by atoms with Crippen molar-refractivity contribution in [2.45, 2.75) is 23.3 Å². The van der Waals surface area contributed by atoms with Crippen LogP contribution in [0.5, 0.6) is 0 Å². The molecule has 1 aliphatic rings. The molecule has 0 atom stereocenters. The molecule has 8 nitrogen and oxygen atoms in total. The van der Waals surface area contributed by atoms with Gasteiger partial charge in [0.25, 0.3) is 0 Å². The highest BCUT2D eigenvalue weighted by Crippen LogP contribution is 2.30. The number of hydrogen-bond donors (Lipinski definition) is 2. The highest BCUT2D eigenvalue weighted by atomic mass is 32.2. The summed E-state index contributed by atoms with van der Waals surface area (Å²) in [7, 11) is -0.422. The molecule has 0 unspecified atom stereocenters. The van der Waals surface area contributed by atoms with E-state index in [1.807, 2.05) is 0 Å². The summed E-state index contributed by atoms with van der Waals surface area (Å²) in [4.78, 5) is 12.6. The molecule has 146 valence electrons. The zero-order chi connectivity index (χ0) is 19.7. The molecule has 2 N–H and O–H groups in total. The van der Waals surface area contributed by atoms with Crippen LogP contribution in [0.25, 0.3) is 0 Å². The summed E-state index contributed by atoms with van der Waals surface area (Å²) in [6.07, 6.45) is 2.32. The molecule has 2 heterocycles. The lowest BCUT2D eigenvalue weighted by atomic mass is 9.87. The fourth-order valence-corrected chi connectivity index (χ4v) is 4.68. The average molecular weight is 395 g/mol. The number of aromatic nitrogens is 2. The molecule has 1 fully saturated rings. The molecule has 1 aromatic carbocycles. The first-order valence-electron chi connectivity index (χ1n) is 8.53. The lowest BCUT2D eigenvalue weighted by Gasteiger charge is -2.40. The minimum Gasteiger partial charge on any atom is -0.357 e. The maximum atomic E-state index is 13.1. The van der Waals surface area contributed by atoms with Gasteiger partial charge in [0.1, 0.15) is 17.2 Å². The molecule has 1 aromatic heterocycles. The number of carbonyl (C=O) groups is 1. The minimum atomic E-state index is -3.74. The van der Waals surface area contributed by atoms with Crippen LogP contribution < -0.4 is 10.6 Å². The van der Waals surface area contributed by atoms with Gasteiger partial charge in [-0.2, -0.15) is 9.40 Å². The van der Waals surface area contributed by atoms with E-state index in [0.29, 0.717) is 5.82 Å². The van der Waals surface area contributed by atoms with E-state index in [1.54, 1.807) is 31.0 Å². The van der Waals surface area contributed by atoms with Gasteiger partial charge < -0.3 is 10.6 Å². The number of hydrogen-bond acceptors (Lipinski definition) is 5. The van der Waals surface area contributed by atoms with E-state index in [-0.39, 0.29) is 36.7 Å². The number of sulfonamides is 1. The average Bonchev–Trinajstić information content (AvgIpc) is 3.06. The van der Waals surface area contributed by atoms with Crippen LogP contribution >= 0.6 is 0 Å². The Labute approximate surface area is 157 Å². The molecule has 0 radical (unpaired) electrons. The molecule has 3 rings (SSSR count). The number of nitrogens with zero attached hydrogens (tertiary/aromatic N) is 3. The van der Waals surface area contributed by atoms with Crippen molar-refractivity contribution in [3.63, 3.8) is 0 Å². The molecule has 2 aromatic rings. The molecule has 0 aliphatic carbocycles. The van der Waals surface area contributed by atoms with Crippen LogP contribution in [0.2, 0.25) is 0 Å². The van der Waals surface area contributed by atoms with Crippen molar-refractivity contribution in [3.8, 4) is 0 Å². The number of anilines is 1. The van der Waals surface area contributed by atoms with E-state index in [4.69, 9.17) is 0 Å². The zero-order valence-electron chi connectivity index (χ0n) is 15.1. The fourth-order valence-electron chi connectivity index (χ4n) is 3.24. The van der Waals surface area contributed by atoms with Gasteiger partial charge in [-0.25, -0.2) is 12.8 Å². The second-order valence-electron chi connectivity index (χ2n) is 6.52. The van der Waals surface area contributed by atoms with Crippen LogP contribution in [0.1, 0.15) is 12.8 Å². The van der Waals surface area contributed by atoms with Gasteiger partial charge in [-0.3, -0.25) is 9.48 Å². The van der Waals surface area contributed by atoms with Crippen LogP contribution in [-0.2, 0) is 21.9 Å². The smallest absolute Gasteiger partial charge is 0.245 e. The molecule has 10 heteroatoms. The third-order valence-electron chi connectivity index (χ3n) is 4.77. The van der Waals surface area contributed by atoms with E-state index < -0.39 is 21.4 Å². The lowest BCUT2D eigenvalue weighted by molar-refractivity contribution is -0.126. The number of carbonyl (C=O) groups excluding carboxylic acids is 1. The van der Waals surface area contributed by atoms with Crippen molar-refractivity contribution >= 4 is 21.7 Å². The van der Waals surface area contributed by atoms with Crippen molar-refractivity contribution in [1.82, 2.24) is 19.4 Å². The van der Waals surface area contributed by atoms with E-state index in [2.05, 4.69) is 15.7 Å². The van der Waals surface area contributed by atoms with Crippen molar-refractivity contribution in [2.75, 3.05) is 25.5 Å². The summed E-state index contributed by atoms with van der Waals surface area (Å²) < 4.78 is 41.6. The Morgan fingerprint density at radius 3 is 2.33 bits per heavy atom. The largest absolute Gasteiger partial charge is 0.357 e. The number of nitrogens with one attached hydrogen (secondary N) is 2. The van der Waals surface area contributed by atoms with Gasteiger partial charge in [-0.1, -0.05) is 0 Å². The molecule has 27 heavy (non-hydrogen) atoms. The summed E-state index contributed by atoms with van der Waals surface area (Å²) in [5.74, 6) is -0.159. The molecular formula is C17H22FN5O3S. The summed E-state index contributed by atoms with van der Waals surface area (Å²) in [6.45, 7) is 0.319. The minimum absolute atomic E-state index is 0.0361. The Balaban J connectivity index is 1.79. The summed E-state index contributed by atoms with van der Waals surface area (Å²) in [5, 5.41) is 10.1. The first-order chi connectivity index (χ1) is 12.8. The van der Waals surface area contributed by atoms with Crippen molar-refractivity contribution < 1.29 is 17.6 Å². The highest BCUT2D eigenvalue weighted by molar-refractivity contribution is 7.89. The normalized spacial score (nSPS) is 17.4. The quantitative estimate of drug-likeness (QED) is 0.786. The van der Waals surface area contributed by atoms with Crippen LogP contribution in [0.4, 0.5) is 10.2 Å². The van der Waals surface area contributed by atoms with Gasteiger partial charge in [0.15, 0.2) is 0 Å². The first-order valence-corrected chi connectivity index (χ1v) is 9.97. The van der Waals surface area contributed by atoms with Crippen molar-refractivity contribution in [3.05, 3.63) is 42.3 Å². The predicted molar refractivity (Wildman–Crippen MR) is 98.0 cm³/mol. The second kappa shape index (κ2) is 7.28. The standard InChI is InChI=1S/C17H22FN5O3S/c1-19-16(24)17(20-15-7-10-22(2)21-15)8-11-23(12-9-17)27(25,26)14-5-3-13(18)4-6-14/h3-7,10H,8-9,11-12H2,1-2H3,(H,19,24)(H,20,21). The predicted octanol–water partition coefficient (Wildman–Crippen LogP) is 0.941. The van der Waals surface area contributed by atoms with E-state index in [0.717, 1.165) is 12.1 Å². The number of rotatable bonds is 5. The molecule has 1 aliphatic heterocycles. The first kappa shape index (κ1) is 19.3. The highest BCUT2D eigenvalue weighted by Gasteiger charge is 2.44. The number of amides is 1. The third-order valence-corrected chi connectivity index (χ3v) is 6.68. The summed E-state index contributed by atoms with van der Waals surface area (Å²) >= 11 is 0. The number of likely N-dealkylation sites (N-methyl/N-ethyl adjacent to an activating group) is 1. The molecule has 1 saturated heterocycles. The second-order valence-corrected chi connectivity index (χ2v) is 8.46. The Hall–Kier alpha value is -2.46. The Morgan fingerprint density at radius 1 is 1.19 bits per heavy atom. The molecule has 0 bridgehead atoms. The van der Waals surface area contributed by atoms with Gasteiger partial charge in [0.05, 0.1) is 4.90 Å². The maximum Gasteiger partial charge on any atom is 0.245 e. The topological polar surface area (TPSA) is 96.3 Å². The van der Waals surface area contributed by atoms with Crippen LogP contribution in [0, 0.1) is 5.82 Å². The van der Waals surface area contributed by atoms with Crippen LogP contribution in [0.3, 0.4) is 0 Å². The maximum absolute atomic E-state index is 13.1. The van der Waals surface area contributed by atoms with E-state index >= 15 is 0 Å². The van der Waals surface area contributed by atoms with Gasteiger partial charge in [-0.05, 0) is 37.1 Å². The lowest BCUT2D eigenvalue weighted by Crippen LogP contribution is -2.58. The number of halogens is 1. The summed E-state index contributed by atoms with van der Waals surface area (Å²) in [5.41, 5.74) is -0.947. The zero-order valence-corrected chi connectivity index (χ0v) is 16.0. The monoisotopic (exact) mass is 395 g/mol. The van der Waals surface area contributed by atoms with Gasteiger partial charge >= 0.3 is 0 Å². The van der Waals surface area contributed by atoms with E-state index in [1.165, 1.54) is 16.4 Å². The fraction of sp³-hybridized carbons (Fsp3) is 0.412. The van der Waals surface area contributed by atoms with Crippen LogP contribution in [-0.4, -0.2) is 54.1 Å². The Morgan fingerprint density at radius 2 is 1.81 bits per heavy atom. The molecule has 0 spiro atoms. The molecular weight excluding hydrogens is 373 g/mol. The Kier molecular flexibility index (Phi) is 5.20. The number of aryl methyl sites for hydroxylation is 1. The molecule has 1 amide bonds. The van der Waals surface area contributed by atoms with Crippen molar-refractivity contribution in [1.29, 1.82) is 0 Å². The van der Waals surface area contributed by atoms with Crippen LogP contribution in [0.15, 0.2) is 41.4 Å². The number of piperidine rings is 1. The SMILES string of the molecule is CNC(=O)C1(Nc2ccn(C)n2)CCN(S(=O)(=O)c2ccc(F)cc2)CC1. The molecule has 0 saturated carbocycles. The van der Waals surface area contributed by atoms with Gasteiger partial charge in [0, 0.05) is 39.4 Å².